The number of ether oxygens (including phenoxy) is 1. The molecule has 4 aliphatic heterocycles. The molecular formula is C39H54F2N8O4. The van der Waals surface area contributed by atoms with E-state index in [2.05, 4.69) is 38.9 Å². The third-order valence-electron chi connectivity index (χ3n) is 12.0. The van der Waals surface area contributed by atoms with Crippen molar-refractivity contribution >= 4 is 28.2 Å². The first kappa shape index (κ1) is 37.3. The maximum atomic E-state index is 13.7. The summed E-state index contributed by atoms with van der Waals surface area (Å²) >= 11 is 0. The fraction of sp³-hybridized carbons (Fsp3) is 0.615. The molecule has 6 heterocycles. The predicted molar refractivity (Wildman–Crippen MR) is 201 cm³/mol. The highest BCUT2D eigenvalue weighted by Crippen LogP contribution is 2.35. The van der Waals surface area contributed by atoms with Crippen molar-refractivity contribution in [1.29, 1.82) is 0 Å². The van der Waals surface area contributed by atoms with Crippen LogP contribution in [0.1, 0.15) is 85.2 Å². The van der Waals surface area contributed by atoms with Gasteiger partial charge in [0.1, 0.15) is 17.2 Å². The van der Waals surface area contributed by atoms with Crippen LogP contribution in [-0.4, -0.2) is 109 Å². The first-order chi connectivity index (χ1) is 25.1. The number of likely N-dealkylation sites (tertiary alicyclic amines) is 3. The summed E-state index contributed by atoms with van der Waals surface area (Å²) in [6.07, 6.45) is 5.30. The maximum Gasteiger partial charge on any atom is 0.410 e. The lowest BCUT2D eigenvalue weighted by molar-refractivity contribution is 0.0221. The van der Waals surface area contributed by atoms with E-state index >= 15 is 0 Å². The average Bonchev–Trinajstić information content (AvgIpc) is 3.89. The van der Waals surface area contributed by atoms with Gasteiger partial charge in [0, 0.05) is 69.0 Å². The maximum absolute atomic E-state index is 13.7. The number of imidazole rings is 2. The number of hydrogen-bond donors (Lipinski definition) is 3. The van der Waals surface area contributed by atoms with E-state index in [1.807, 2.05) is 20.8 Å². The normalized spacial score (nSPS) is 25.3. The zero-order chi connectivity index (χ0) is 37.7. The molecule has 0 spiro atoms. The van der Waals surface area contributed by atoms with Crippen molar-refractivity contribution < 1.29 is 18.3 Å². The topological polar surface area (TPSA) is 124 Å². The van der Waals surface area contributed by atoms with Crippen molar-refractivity contribution in [1.82, 2.24) is 39.1 Å². The van der Waals surface area contributed by atoms with Gasteiger partial charge < -0.3 is 24.9 Å². The van der Waals surface area contributed by atoms with Crippen molar-refractivity contribution in [3.63, 3.8) is 0 Å². The second-order valence-corrected chi connectivity index (χ2v) is 16.9. The van der Waals surface area contributed by atoms with Crippen molar-refractivity contribution in [2.24, 2.45) is 0 Å². The van der Waals surface area contributed by atoms with Crippen LogP contribution in [0, 0.1) is 11.6 Å². The second kappa shape index (κ2) is 14.3. The van der Waals surface area contributed by atoms with Crippen LogP contribution in [0.5, 0.6) is 0 Å². The second-order valence-electron chi connectivity index (χ2n) is 16.9. The number of halogens is 2. The number of aromatic nitrogens is 4. The summed E-state index contributed by atoms with van der Waals surface area (Å²) < 4.78 is 36.3. The Bertz CT molecular complexity index is 2060. The van der Waals surface area contributed by atoms with Gasteiger partial charge in [0.2, 0.25) is 0 Å². The molecule has 53 heavy (non-hydrogen) atoms. The van der Waals surface area contributed by atoms with Crippen LogP contribution in [0.25, 0.3) is 22.1 Å². The van der Waals surface area contributed by atoms with Gasteiger partial charge in [-0.05, 0) is 116 Å². The minimum Gasteiger partial charge on any atom is -0.444 e. The Balaban J connectivity index is 0.000000170. The van der Waals surface area contributed by atoms with Gasteiger partial charge in [0.25, 0.3) is 0 Å². The molecule has 4 fully saturated rings. The van der Waals surface area contributed by atoms with Crippen molar-refractivity contribution in [3.05, 3.63) is 69.0 Å². The van der Waals surface area contributed by atoms with Gasteiger partial charge in [-0.3, -0.25) is 18.9 Å². The fourth-order valence-corrected chi connectivity index (χ4v) is 9.00. The Morgan fingerprint density at radius 1 is 0.755 bits per heavy atom. The molecule has 0 radical (unpaired) electrons. The molecule has 2 aromatic heterocycles. The summed E-state index contributed by atoms with van der Waals surface area (Å²) in [6.45, 7) is 17.2. The molecule has 4 aliphatic rings. The smallest absolute Gasteiger partial charge is 0.410 e. The average molecular weight is 737 g/mol. The molecule has 8 rings (SSSR count). The highest BCUT2D eigenvalue weighted by Gasteiger charge is 2.43. The largest absolute Gasteiger partial charge is 0.444 e. The number of amides is 1. The van der Waals surface area contributed by atoms with Crippen LogP contribution in [-0.2, 0) is 4.74 Å². The number of H-pyrrole nitrogens is 2. The fourth-order valence-electron chi connectivity index (χ4n) is 9.00. The summed E-state index contributed by atoms with van der Waals surface area (Å²) in [5.41, 5.74) is 2.02. The van der Waals surface area contributed by atoms with Gasteiger partial charge in [0.15, 0.2) is 0 Å². The highest BCUT2D eigenvalue weighted by molar-refractivity contribution is 5.76. The van der Waals surface area contributed by atoms with Crippen LogP contribution >= 0.6 is 0 Å². The Labute approximate surface area is 308 Å². The molecular weight excluding hydrogens is 682 g/mol. The van der Waals surface area contributed by atoms with E-state index in [0.29, 0.717) is 35.2 Å². The summed E-state index contributed by atoms with van der Waals surface area (Å²) in [5.74, 6) is -0.638. The molecule has 0 bridgehead atoms. The number of fused-ring (bicyclic) bond motifs is 2. The Hall–Kier alpha value is -4.01. The van der Waals surface area contributed by atoms with Gasteiger partial charge in [-0.25, -0.2) is 23.2 Å². The molecule has 1 amide bonds. The minimum absolute atomic E-state index is 0.0382. The van der Waals surface area contributed by atoms with Crippen LogP contribution in [0.4, 0.5) is 13.6 Å². The number of nitrogens with zero attached hydrogens (tertiary/aromatic N) is 5. The van der Waals surface area contributed by atoms with E-state index in [1.165, 1.54) is 30.7 Å². The number of hydrogen-bond acceptors (Lipinski definition) is 7. The lowest BCUT2D eigenvalue weighted by Gasteiger charge is -2.43. The van der Waals surface area contributed by atoms with Gasteiger partial charge in [-0.2, -0.15) is 0 Å². The SMILES string of the molecule is CC(C)(C)OC(=O)N1CCC(C)(N2CCC(n3c(=O)[nH]c4ccc(F)cc43)CC2)C1.CC1(N2CCC(n3c(=O)[nH]c4ccc(F)cc43)CC2)CCNC1. The summed E-state index contributed by atoms with van der Waals surface area (Å²) in [4.78, 5) is 49.7. The molecule has 288 valence electrons. The molecule has 2 aromatic carbocycles. The standard InChI is InChI=1S/C22H31FN4O3.C17H23FN4O/c1-21(2,3)30-20(29)25-12-9-22(4,14-25)26-10-7-16(8-11-26)27-18-13-15(23)5-6-17(18)24-19(27)28;1-17(6-7-19-11-17)21-8-4-13(5-9-21)22-15-10-12(18)2-3-14(15)20-16(22)23/h5-6,13,16H,7-12,14H2,1-4H3,(H,24,28);2-3,10,13,19H,4-9,11H2,1H3,(H,20,23). The number of carbonyl (C=O) groups is 1. The molecule has 2 unspecified atom stereocenters. The van der Waals surface area contributed by atoms with Gasteiger partial charge in [-0.15, -0.1) is 0 Å². The van der Waals surface area contributed by atoms with Gasteiger partial charge in [-0.1, -0.05) is 0 Å². The van der Waals surface area contributed by atoms with Crippen LogP contribution in [0.2, 0.25) is 0 Å². The number of nitrogens with one attached hydrogen (secondary N) is 3. The number of rotatable bonds is 4. The van der Waals surface area contributed by atoms with Crippen LogP contribution in [0.3, 0.4) is 0 Å². The molecule has 12 nitrogen and oxygen atoms in total. The molecule has 4 aromatic rings. The zero-order valence-electron chi connectivity index (χ0n) is 31.6. The van der Waals surface area contributed by atoms with Crippen LogP contribution < -0.4 is 16.7 Å². The lowest BCUT2D eigenvalue weighted by atomic mass is 9.94. The molecule has 3 N–H and O–H groups in total. The monoisotopic (exact) mass is 736 g/mol. The highest BCUT2D eigenvalue weighted by atomic mass is 19.1. The number of benzene rings is 2. The Kier molecular flexibility index (Phi) is 10.1. The van der Waals surface area contributed by atoms with E-state index in [-0.39, 0.29) is 52.3 Å². The quantitative estimate of drug-likeness (QED) is 0.258. The molecule has 4 saturated heterocycles. The molecule has 0 saturated carbocycles. The zero-order valence-corrected chi connectivity index (χ0v) is 31.6. The first-order valence-corrected chi connectivity index (χ1v) is 19.1. The first-order valence-electron chi connectivity index (χ1n) is 19.1. The summed E-state index contributed by atoms with van der Waals surface area (Å²) in [5, 5.41) is 3.44. The predicted octanol–water partition coefficient (Wildman–Crippen LogP) is 5.36. The van der Waals surface area contributed by atoms with E-state index in [4.69, 9.17) is 4.74 Å². The minimum atomic E-state index is -0.500. The van der Waals surface area contributed by atoms with Crippen molar-refractivity contribution in [2.45, 2.75) is 102 Å². The molecule has 2 atom stereocenters. The number of aromatic amines is 2. The Morgan fingerprint density at radius 2 is 1.25 bits per heavy atom. The summed E-state index contributed by atoms with van der Waals surface area (Å²) in [6, 6.07) is 9.08. The lowest BCUT2D eigenvalue weighted by Crippen LogP contribution is -2.52. The van der Waals surface area contributed by atoms with E-state index < -0.39 is 5.60 Å². The van der Waals surface area contributed by atoms with E-state index in [9.17, 15) is 23.2 Å². The molecule has 0 aliphatic carbocycles. The third-order valence-corrected chi connectivity index (χ3v) is 12.0. The van der Waals surface area contributed by atoms with Crippen molar-refractivity contribution in [3.8, 4) is 0 Å². The van der Waals surface area contributed by atoms with Crippen molar-refractivity contribution in [2.75, 3.05) is 52.4 Å². The van der Waals surface area contributed by atoms with Gasteiger partial charge in [0.05, 0.1) is 22.1 Å². The van der Waals surface area contributed by atoms with Gasteiger partial charge >= 0.3 is 17.5 Å². The number of piperidine rings is 2. The summed E-state index contributed by atoms with van der Waals surface area (Å²) in [7, 11) is 0. The van der Waals surface area contributed by atoms with Crippen LogP contribution in [0.15, 0.2) is 46.0 Å². The number of carbonyl (C=O) groups excluding carboxylic acids is 1. The van der Waals surface area contributed by atoms with E-state index in [0.717, 1.165) is 71.4 Å². The Morgan fingerprint density at radius 3 is 1.70 bits per heavy atom. The molecule has 14 heteroatoms. The van der Waals surface area contributed by atoms with E-state index in [1.54, 1.807) is 26.2 Å². The third kappa shape index (κ3) is 7.68.